The summed E-state index contributed by atoms with van der Waals surface area (Å²) in [5.41, 5.74) is 0.996. The summed E-state index contributed by atoms with van der Waals surface area (Å²) in [4.78, 5) is 18.1. The number of aromatic amines is 1. The van der Waals surface area contributed by atoms with Gasteiger partial charge in [-0.15, -0.1) is 0 Å². The van der Waals surface area contributed by atoms with Crippen molar-refractivity contribution in [3.8, 4) is 22.8 Å². The molecular weight excluding hydrogens is 248 g/mol. The van der Waals surface area contributed by atoms with E-state index >= 15 is 0 Å². The second-order valence-corrected chi connectivity index (χ2v) is 3.92. The van der Waals surface area contributed by atoms with Crippen molar-refractivity contribution in [1.82, 2.24) is 9.97 Å². The van der Waals surface area contributed by atoms with Crippen molar-refractivity contribution < 1.29 is 19.4 Å². The third-order valence-corrected chi connectivity index (χ3v) is 2.70. The van der Waals surface area contributed by atoms with Crippen LogP contribution in [0.1, 0.15) is 16.3 Å². The zero-order valence-corrected chi connectivity index (χ0v) is 10.9. The SMILES string of the molecule is COc1ccc(-c2nc(C)[nH]c2C(=O)O)c(OC)c1. The monoisotopic (exact) mass is 262 g/mol. The lowest BCUT2D eigenvalue weighted by Crippen LogP contribution is -2.00. The van der Waals surface area contributed by atoms with Crippen molar-refractivity contribution >= 4 is 5.97 Å². The standard InChI is InChI=1S/C13H14N2O4/c1-7-14-11(12(15-7)13(16)17)9-5-4-8(18-2)6-10(9)19-3/h4-6H,1-3H3,(H,14,15)(H,16,17). The predicted molar refractivity (Wildman–Crippen MR) is 68.8 cm³/mol. The van der Waals surface area contributed by atoms with Crippen molar-refractivity contribution in [2.24, 2.45) is 0 Å². The highest BCUT2D eigenvalue weighted by molar-refractivity contribution is 5.94. The number of imidazole rings is 1. The molecule has 0 aliphatic heterocycles. The van der Waals surface area contributed by atoms with Crippen molar-refractivity contribution in [3.63, 3.8) is 0 Å². The van der Waals surface area contributed by atoms with Crippen molar-refractivity contribution in [3.05, 3.63) is 29.7 Å². The molecule has 100 valence electrons. The lowest BCUT2D eigenvalue weighted by Gasteiger charge is -2.09. The molecule has 0 saturated carbocycles. The van der Waals surface area contributed by atoms with E-state index in [-0.39, 0.29) is 5.69 Å². The average molecular weight is 262 g/mol. The molecule has 1 aromatic carbocycles. The van der Waals surface area contributed by atoms with E-state index in [1.54, 1.807) is 32.2 Å². The predicted octanol–water partition coefficient (Wildman–Crippen LogP) is 2.10. The lowest BCUT2D eigenvalue weighted by molar-refractivity contribution is 0.0692. The second kappa shape index (κ2) is 5.01. The molecule has 0 amide bonds. The van der Waals surface area contributed by atoms with Gasteiger partial charge in [-0.25, -0.2) is 9.78 Å². The number of carboxylic acids is 1. The van der Waals surface area contributed by atoms with Crippen LogP contribution >= 0.6 is 0 Å². The van der Waals surface area contributed by atoms with Gasteiger partial charge in [-0.2, -0.15) is 0 Å². The first-order chi connectivity index (χ1) is 9.06. The molecule has 2 aromatic rings. The topological polar surface area (TPSA) is 84.4 Å². The Morgan fingerprint density at radius 3 is 2.63 bits per heavy atom. The van der Waals surface area contributed by atoms with Crippen LogP contribution in [0.25, 0.3) is 11.3 Å². The fourth-order valence-electron chi connectivity index (χ4n) is 1.84. The number of carboxylic acid groups (broad SMARTS) is 1. The molecule has 0 atom stereocenters. The average Bonchev–Trinajstić information content (AvgIpc) is 2.80. The molecule has 0 bridgehead atoms. The van der Waals surface area contributed by atoms with Crippen molar-refractivity contribution in [1.29, 1.82) is 0 Å². The molecule has 0 fully saturated rings. The lowest BCUT2D eigenvalue weighted by atomic mass is 10.1. The Kier molecular flexibility index (Phi) is 3.41. The van der Waals surface area contributed by atoms with Gasteiger partial charge in [-0.05, 0) is 19.1 Å². The van der Waals surface area contributed by atoms with Gasteiger partial charge in [-0.3, -0.25) is 0 Å². The molecule has 0 aliphatic carbocycles. The molecule has 0 unspecified atom stereocenters. The van der Waals surface area contributed by atoms with E-state index in [2.05, 4.69) is 9.97 Å². The molecule has 0 spiro atoms. The van der Waals surface area contributed by atoms with E-state index in [0.717, 1.165) is 0 Å². The highest BCUT2D eigenvalue weighted by Crippen LogP contribution is 2.34. The number of nitrogens with zero attached hydrogens (tertiary/aromatic N) is 1. The third kappa shape index (κ3) is 2.37. The van der Waals surface area contributed by atoms with Crippen LogP contribution in [0, 0.1) is 6.92 Å². The summed E-state index contributed by atoms with van der Waals surface area (Å²) in [6.45, 7) is 1.70. The fourth-order valence-corrected chi connectivity index (χ4v) is 1.84. The molecule has 2 rings (SSSR count). The Bertz CT molecular complexity index is 619. The number of methoxy groups -OCH3 is 2. The first-order valence-corrected chi connectivity index (χ1v) is 5.59. The Hall–Kier alpha value is -2.50. The van der Waals surface area contributed by atoms with Crippen LogP contribution in [-0.2, 0) is 0 Å². The first kappa shape index (κ1) is 12.9. The smallest absolute Gasteiger partial charge is 0.354 e. The Labute approximate surface area is 110 Å². The molecule has 2 N–H and O–H groups in total. The van der Waals surface area contributed by atoms with Gasteiger partial charge in [0.2, 0.25) is 0 Å². The Balaban J connectivity index is 2.61. The quantitative estimate of drug-likeness (QED) is 0.881. The van der Waals surface area contributed by atoms with Crippen LogP contribution < -0.4 is 9.47 Å². The molecule has 0 aliphatic rings. The minimum atomic E-state index is -1.06. The van der Waals surface area contributed by atoms with Gasteiger partial charge in [0, 0.05) is 11.6 Å². The van der Waals surface area contributed by atoms with Crippen LogP contribution in [0.5, 0.6) is 11.5 Å². The van der Waals surface area contributed by atoms with Crippen LogP contribution in [0.4, 0.5) is 0 Å². The minimum absolute atomic E-state index is 0.0426. The van der Waals surface area contributed by atoms with E-state index in [1.807, 2.05) is 0 Å². The number of benzene rings is 1. The van der Waals surface area contributed by atoms with E-state index in [4.69, 9.17) is 14.6 Å². The van der Waals surface area contributed by atoms with Gasteiger partial charge in [0.25, 0.3) is 0 Å². The van der Waals surface area contributed by atoms with Crippen LogP contribution in [-0.4, -0.2) is 35.3 Å². The molecule has 6 heteroatoms. The summed E-state index contributed by atoms with van der Waals surface area (Å²) in [6.07, 6.45) is 0. The van der Waals surface area contributed by atoms with Crippen molar-refractivity contribution in [2.75, 3.05) is 14.2 Å². The number of aromatic carboxylic acids is 1. The van der Waals surface area contributed by atoms with E-state index in [1.165, 1.54) is 7.11 Å². The minimum Gasteiger partial charge on any atom is -0.497 e. The number of hydrogen-bond acceptors (Lipinski definition) is 4. The van der Waals surface area contributed by atoms with E-state index in [9.17, 15) is 4.79 Å². The molecular formula is C13H14N2O4. The van der Waals surface area contributed by atoms with Crippen LogP contribution in [0.2, 0.25) is 0 Å². The maximum absolute atomic E-state index is 11.2. The zero-order valence-electron chi connectivity index (χ0n) is 10.9. The van der Waals surface area contributed by atoms with Crippen LogP contribution in [0.3, 0.4) is 0 Å². The van der Waals surface area contributed by atoms with Crippen molar-refractivity contribution in [2.45, 2.75) is 6.92 Å². The number of nitrogens with one attached hydrogen (secondary N) is 1. The Morgan fingerprint density at radius 2 is 2.05 bits per heavy atom. The maximum Gasteiger partial charge on any atom is 0.354 e. The molecule has 19 heavy (non-hydrogen) atoms. The van der Waals surface area contributed by atoms with Crippen LogP contribution in [0.15, 0.2) is 18.2 Å². The van der Waals surface area contributed by atoms with Gasteiger partial charge < -0.3 is 19.6 Å². The van der Waals surface area contributed by atoms with E-state index in [0.29, 0.717) is 28.6 Å². The molecule has 6 nitrogen and oxygen atoms in total. The second-order valence-electron chi connectivity index (χ2n) is 3.92. The molecule has 1 heterocycles. The maximum atomic E-state index is 11.2. The summed E-state index contributed by atoms with van der Waals surface area (Å²) in [6, 6.07) is 5.14. The fraction of sp³-hybridized carbons (Fsp3) is 0.231. The van der Waals surface area contributed by atoms with Gasteiger partial charge in [-0.1, -0.05) is 0 Å². The number of aromatic nitrogens is 2. The molecule has 1 aromatic heterocycles. The Morgan fingerprint density at radius 1 is 1.32 bits per heavy atom. The molecule has 0 saturated heterocycles. The highest BCUT2D eigenvalue weighted by Gasteiger charge is 2.19. The number of H-pyrrole nitrogens is 1. The number of rotatable bonds is 4. The largest absolute Gasteiger partial charge is 0.497 e. The highest BCUT2D eigenvalue weighted by atomic mass is 16.5. The number of aryl methyl sites for hydroxylation is 1. The zero-order chi connectivity index (χ0) is 14.0. The number of carbonyl (C=O) groups is 1. The van der Waals surface area contributed by atoms with Gasteiger partial charge >= 0.3 is 5.97 Å². The van der Waals surface area contributed by atoms with Gasteiger partial charge in [0.1, 0.15) is 23.0 Å². The summed E-state index contributed by atoms with van der Waals surface area (Å²) >= 11 is 0. The third-order valence-electron chi connectivity index (χ3n) is 2.70. The summed E-state index contributed by atoms with van der Waals surface area (Å²) in [7, 11) is 3.06. The summed E-state index contributed by atoms with van der Waals surface area (Å²) in [5, 5.41) is 9.17. The number of ether oxygens (including phenoxy) is 2. The van der Waals surface area contributed by atoms with Gasteiger partial charge in [0.05, 0.1) is 14.2 Å². The first-order valence-electron chi connectivity index (χ1n) is 5.59. The van der Waals surface area contributed by atoms with Gasteiger partial charge in [0.15, 0.2) is 5.69 Å². The summed E-state index contributed by atoms with van der Waals surface area (Å²) < 4.78 is 10.4. The normalized spacial score (nSPS) is 10.3. The van der Waals surface area contributed by atoms with E-state index < -0.39 is 5.97 Å². The summed E-state index contributed by atoms with van der Waals surface area (Å²) in [5.74, 6) is 0.608. The molecule has 0 radical (unpaired) electrons. The number of hydrogen-bond donors (Lipinski definition) is 2.